The number of nitrogens with zero attached hydrogens (tertiary/aromatic N) is 1. The van der Waals surface area contributed by atoms with Gasteiger partial charge in [0.1, 0.15) is 17.8 Å². The van der Waals surface area contributed by atoms with Gasteiger partial charge in [0.2, 0.25) is 0 Å². The molecule has 0 unspecified atom stereocenters. The molecule has 0 spiro atoms. The van der Waals surface area contributed by atoms with Crippen LogP contribution >= 0.6 is 0 Å². The van der Waals surface area contributed by atoms with E-state index in [2.05, 4.69) is 20.3 Å². The van der Waals surface area contributed by atoms with Gasteiger partial charge in [-0.15, -0.1) is 0 Å². The molecule has 2 amide bonds. The lowest BCUT2D eigenvalue weighted by Crippen LogP contribution is -2.42. The van der Waals surface area contributed by atoms with E-state index >= 15 is 0 Å². The molecule has 2 rings (SSSR count). The molecule has 0 fully saturated rings. The Labute approximate surface area is 134 Å². The fourth-order valence-electron chi connectivity index (χ4n) is 2.10. The number of aryl methyl sites for hydroxylation is 1. The molecule has 7 heteroatoms. The highest BCUT2D eigenvalue weighted by Crippen LogP contribution is 2.33. The Morgan fingerprint density at radius 2 is 1.96 bits per heavy atom. The standard InChI is InChI=1S/C16H21N3O4/c1-5-10-6-7-11(23-10)13(16(2,3)4)18-15(21)14(20)17-12-8-9-22-19-12/h6-9,13H,5H2,1-4H3,(H,18,21)(H,17,19,20)/t13-/m0/s1. The van der Waals surface area contributed by atoms with Crippen molar-refractivity contribution in [2.75, 3.05) is 5.32 Å². The van der Waals surface area contributed by atoms with Gasteiger partial charge in [0.25, 0.3) is 0 Å². The molecule has 0 aliphatic heterocycles. The van der Waals surface area contributed by atoms with E-state index in [1.54, 1.807) is 0 Å². The Morgan fingerprint density at radius 1 is 1.22 bits per heavy atom. The average Bonchev–Trinajstić information content (AvgIpc) is 3.14. The first-order chi connectivity index (χ1) is 10.8. The molecule has 0 saturated heterocycles. The molecular weight excluding hydrogens is 298 g/mol. The molecule has 0 aromatic carbocycles. The van der Waals surface area contributed by atoms with Crippen molar-refractivity contribution in [2.45, 2.75) is 40.2 Å². The van der Waals surface area contributed by atoms with Crippen LogP contribution in [-0.2, 0) is 16.0 Å². The molecule has 2 aromatic rings. The average molecular weight is 319 g/mol. The summed E-state index contributed by atoms with van der Waals surface area (Å²) in [6, 6.07) is 4.71. The molecule has 1 atom stereocenters. The van der Waals surface area contributed by atoms with Gasteiger partial charge in [0.15, 0.2) is 5.82 Å². The SMILES string of the molecule is CCc1ccc([C@H](NC(=O)C(=O)Nc2ccon2)C(C)(C)C)o1. The molecule has 23 heavy (non-hydrogen) atoms. The molecule has 0 radical (unpaired) electrons. The summed E-state index contributed by atoms with van der Waals surface area (Å²) < 4.78 is 10.3. The van der Waals surface area contributed by atoms with Gasteiger partial charge >= 0.3 is 11.8 Å². The summed E-state index contributed by atoms with van der Waals surface area (Å²) in [5, 5.41) is 8.61. The Morgan fingerprint density at radius 3 is 2.48 bits per heavy atom. The number of hydrogen-bond acceptors (Lipinski definition) is 5. The van der Waals surface area contributed by atoms with Gasteiger partial charge in [-0.1, -0.05) is 32.9 Å². The van der Waals surface area contributed by atoms with Crippen molar-refractivity contribution in [3.05, 3.63) is 36.0 Å². The highest BCUT2D eigenvalue weighted by molar-refractivity contribution is 6.39. The van der Waals surface area contributed by atoms with Crippen molar-refractivity contribution in [3.8, 4) is 0 Å². The maximum atomic E-state index is 12.2. The molecule has 0 bridgehead atoms. The number of carbonyl (C=O) groups excluding carboxylic acids is 2. The predicted molar refractivity (Wildman–Crippen MR) is 83.6 cm³/mol. The molecule has 0 aliphatic carbocycles. The van der Waals surface area contributed by atoms with E-state index in [0.717, 1.165) is 12.2 Å². The Hall–Kier alpha value is -2.57. The van der Waals surface area contributed by atoms with Crippen LogP contribution in [-0.4, -0.2) is 17.0 Å². The molecule has 0 aliphatic rings. The van der Waals surface area contributed by atoms with Crippen molar-refractivity contribution in [3.63, 3.8) is 0 Å². The summed E-state index contributed by atoms with van der Waals surface area (Å²) in [5.41, 5.74) is -0.327. The van der Waals surface area contributed by atoms with E-state index in [9.17, 15) is 9.59 Å². The van der Waals surface area contributed by atoms with Crippen LogP contribution in [0.5, 0.6) is 0 Å². The second-order valence-corrected chi connectivity index (χ2v) is 6.27. The maximum absolute atomic E-state index is 12.2. The first kappa shape index (κ1) is 16.8. The van der Waals surface area contributed by atoms with Crippen molar-refractivity contribution in [1.82, 2.24) is 10.5 Å². The second-order valence-electron chi connectivity index (χ2n) is 6.27. The summed E-state index contributed by atoms with van der Waals surface area (Å²) in [6.07, 6.45) is 2.07. The maximum Gasteiger partial charge on any atom is 0.314 e. The smallest absolute Gasteiger partial charge is 0.314 e. The van der Waals surface area contributed by atoms with Crippen LogP contribution in [0.2, 0.25) is 0 Å². The highest BCUT2D eigenvalue weighted by Gasteiger charge is 2.32. The number of nitrogens with one attached hydrogen (secondary N) is 2. The van der Waals surface area contributed by atoms with Crippen LogP contribution in [0.15, 0.2) is 33.4 Å². The third kappa shape index (κ3) is 4.21. The number of amides is 2. The number of aromatic nitrogens is 1. The van der Waals surface area contributed by atoms with Crippen molar-refractivity contribution in [2.24, 2.45) is 5.41 Å². The largest absolute Gasteiger partial charge is 0.464 e. The van der Waals surface area contributed by atoms with Crippen LogP contribution in [0.25, 0.3) is 0 Å². The van der Waals surface area contributed by atoms with E-state index < -0.39 is 17.9 Å². The predicted octanol–water partition coefficient (Wildman–Crippen LogP) is 2.67. The lowest BCUT2D eigenvalue weighted by atomic mass is 9.85. The Kier molecular flexibility index (Phi) is 4.88. The minimum absolute atomic E-state index is 0.184. The number of hydrogen-bond donors (Lipinski definition) is 2. The van der Waals surface area contributed by atoms with Crippen LogP contribution in [0, 0.1) is 5.41 Å². The second kappa shape index (κ2) is 6.68. The minimum Gasteiger partial charge on any atom is -0.464 e. The summed E-state index contributed by atoms with van der Waals surface area (Å²) in [7, 11) is 0. The summed E-state index contributed by atoms with van der Waals surface area (Å²) in [6.45, 7) is 7.86. The zero-order valence-corrected chi connectivity index (χ0v) is 13.7. The lowest BCUT2D eigenvalue weighted by molar-refractivity contribution is -0.137. The molecule has 0 saturated carbocycles. The van der Waals surface area contributed by atoms with Gasteiger partial charge in [-0.3, -0.25) is 14.9 Å². The van der Waals surface area contributed by atoms with Gasteiger partial charge in [-0.05, 0) is 17.5 Å². The summed E-state index contributed by atoms with van der Waals surface area (Å²) in [4.78, 5) is 24.1. The van der Waals surface area contributed by atoms with Crippen molar-refractivity contribution < 1.29 is 18.5 Å². The number of rotatable bonds is 4. The zero-order chi connectivity index (χ0) is 17.0. The van der Waals surface area contributed by atoms with E-state index in [0.29, 0.717) is 5.76 Å². The van der Waals surface area contributed by atoms with Gasteiger partial charge in [-0.2, -0.15) is 0 Å². The fraction of sp³-hybridized carbons (Fsp3) is 0.438. The van der Waals surface area contributed by atoms with E-state index in [-0.39, 0.29) is 11.2 Å². The Bertz CT molecular complexity index is 668. The normalized spacial score (nSPS) is 12.7. The first-order valence-corrected chi connectivity index (χ1v) is 7.42. The van der Waals surface area contributed by atoms with Crippen LogP contribution < -0.4 is 10.6 Å². The summed E-state index contributed by atoms with van der Waals surface area (Å²) in [5.74, 6) is 0.0639. The third-order valence-electron chi connectivity index (χ3n) is 3.34. The van der Waals surface area contributed by atoms with Crippen LogP contribution in [0.4, 0.5) is 5.82 Å². The molecule has 2 aromatic heterocycles. The van der Waals surface area contributed by atoms with E-state index in [1.165, 1.54) is 12.3 Å². The molecular formula is C16H21N3O4. The van der Waals surface area contributed by atoms with Crippen LogP contribution in [0.1, 0.15) is 45.3 Å². The minimum atomic E-state index is -0.810. The monoisotopic (exact) mass is 319 g/mol. The topological polar surface area (TPSA) is 97.4 Å². The van der Waals surface area contributed by atoms with Crippen molar-refractivity contribution >= 4 is 17.6 Å². The third-order valence-corrected chi connectivity index (χ3v) is 3.34. The first-order valence-electron chi connectivity index (χ1n) is 7.42. The highest BCUT2D eigenvalue weighted by atomic mass is 16.5. The number of carbonyl (C=O) groups is 2. The molecule has 2 N–H and O–H groups in total. The number of anilines is 1. The van der Waals surface area contributed by atoms with Gasteiger partial charge in [0.05, 0.1) is 6.04 Å². The summed E-state index contributed by atoms with van der Waals surface area (Å²) >= 11 is 0. The van der Waals surface area contributed by atoms with Gasteiger partial charge in [0, 0.05) is 12.5 Å². The quantitative estimate of drug-likeness (QED) is 0.844. The van der Waals surface area contributed by atoms with Crippen molar-refractivity contribution in [1.29, 1.82) is 0 Å². The molecule has 124 valence electrons. The van der Waals surface area contributed by atoms with Gasteiger partial charge < -0.3 is 14.3 Å². The zero-order valence-electron chi connectivity index (χ0n) is 13.7. The van der Waals surface area contributed by atoms with E-state index in [1.807, 2.05) is 39.8 Å². The number of furan rings is 1. The molecule has 2 heterocycles. The Balaban J connectivity index is 2.11. The lowest BCUT2D eigenvalue weighted by Gasteiger charge is -2.29. The van der Waals surface area contributed by atoms with E-state index in [4.69, 9.17) is 4.42 Å². The van der Waals surface area contributed by atoms with Gasteiger partial charge in [-0.25, -0.2) is 0 Å². The van der Waals surface area contributed by atoms with Crippen LogP contribution in [0.3, 0.4) is 0 Å². The molecule has 7 nitrogen and oxygen atoms in total. The fourth-order valence-corrected chi connectivity index (χ4v) is 2.10.